The van der Waals surface area contributed by atoms with Crippen LogP contribution in [0.5, 0.6) is 29.0 Å². The summed E-state index contributed by atoms with van der Waals surface area (Å²) in [6.45, 7) is 0.946. The molecule has 0 saturated carbocycles. The van der Waals surface area contributed by atoms with E-state index in [9.17, 15) is 14.0 Å². The van der Waals surface area contributed by atoms with E-state index in [0.29, 0.717) is 47.9 Å². The summed E-state index contributed by atoms with van der Waals surface area (Å²) < 4.78 is 37.3. The second-order valence-electron chi connectivity index (χ2n) is 10.1. The van der Waals surface area contributed by atoms with Gasteiger partial charge in [-0.05, 0) is 72.0 Å². The Labute approximate surface area is 247 Å². The first kappa shape index (κ1) is 28.0. The molecule has 4 heterocycles. The van der Waals surface area contributed by atoms with Crippen LogP contribution in [0.2, 0.25) is 0 Å². The molecule has 2 amide bonds. The molecule has 1 unspecified atom stereocenters. The average molecular weight is 585 g/mol. The number of benzene rings is 3. The second kappa shape index (κ2) is 12.0. The molecule has 8 bridgehead atoms. The number of carbonyl (C=O) groups excluding carboxylic acids is 2. The molecule has 0 radical (unpaired) electrons. The predicted molar refractivity (Wildman–Crippen MR) is 154 cm³/mol. The average Bonchev–Trinajstić information content (AvgIpc) is 3.04. The van der Waals surface area contributed by atoms with Crippen LogP contribution in [0.15, 0.2) is 67.0 Å². The minimum absolute atomic E-state index is 0.108. The summed E-state index contributed by atoms with van der Waals surface area (Å²) in [4.78, 5) is 36.6. The molecule has 0 saturated heterocycles. The van der Waals surface area contributed by atoms with Crippen molar-refractivity contribution < 1.29 is 32.9 Å². The van der Waals surface area contributed by atoms with Gasteiger partial charge in [0.1, 0.15) is 17.3 Å². The Morgan fingerprint density at radius 2 is 1.81 bits per heavy atom. The highest BCUT2D eigenvalue weighted by molar-refractivity contribution is 5.95. The van der Waals surface area contributed by atoms with E-state index in [4.69, 9.17) is 18.9 Å². The summed E-state index contributed by atoms with van der Waals surface area (Å²) in [5, 5.41) is 2.73. The van der Waals surface area contributed by atoms with E-state index in [2.05, 4.69) is 15.3 Å². The number of halogens is 1. The Hall–Kier alpha value is -5.19. The SMILES string of the molecule is COc1ncc(C(=O)N2CCc3cc4ccc3C2c2ccc(OC)c(c2)OCCCNC(=O)c2cc(ccc2F)O4)cn1. The maximum Gasteiger partial charge on any atom is 0.316 e. The normalized spacial score (nSPS) is 16.2. The zero-order chi connectivity index (χ0) is 29.9. The fourth-order valence-electron chi connectivity index (χ4n) is 5.35. The largest absolute Gasteiger partial charge is 0.493 e. The number of carbonyl (C=O) groups is 2. The van der Waals surface area contributed by atoms with E-state index >= 15 is 0 Å². The smallest absolute Gasteiger partial charge is 0.316 e. The number of ether oxygens (including phenoxy) is 4. The molecule has 220 valence electrons. The zero-order valence-corrected chi connectivity index (χ0v) is 23.6. The van der Waals surface area contributed by atoms with Crippen LogP contribution in [0, 0.1) is 5.82 Å². The maximum atomic E-state index is 14.5. The Morgan fingerprint density at radius 3 is 2.60 bits per heavy atom. The van der Waals surface area contributed by atoms with Crippen LogP contribution >= 0.6 is 0 Å². The molecule has 1 atom stereocenters. The van der Waals surface area contributed by atoms with E-state index in [1.165, 1.54) is 37.7 Å². The highest BCUT2D eigenvalue weighted by Gasteiger charge is 2.34. The number of amides is 2. The third-order valence-electron chi connectivity index (χ3n) is 7.45. The molecule has 43 heavy (non-hydrogen) atoms. The van der Waals surface area contributed by atoms with Crippen LogP contribution in [-0.4, -0.2) is 60.6 Å². The van der Waals surface area contributed by atoms with E-state index < -0.39 is 17.8 Å². The molecule has 0 spiro atoms. The van der Waals surface area contributed by atoms with Crippen molar-refractivity contribution in [1.82, 2.24) is 20.2 Å². The quantitative estimate of drug-likeness (QED) is 0.368. The zero-order valence-electron chi connectivity index (χ0n) is 23.6. The van der Waals surface area contributed by atoms with Gasteiger partial charge in [0.25, 0.3) is 11.8 Å². The van der Waals surface area contributed by atoms with Crippen molar-refractivity contribution in [3.8, 4) is 29.0 Å². The van der Waals surface area contributed by atoms with Crippen LogP contribution in [0.25, 0.3) is 0 Å². The van der Waals surface area contributed by atoms with E-state index in [1.807, 2.05) is 30.3 Å². The van der Waals surface area contributed by atoms with Crippen LogP contribution in [0.4, 0.5) is 4.39 Å². The molecule has 11 heteroatoms. The van der Waals surface area contributed by atoms with Gasteiger partial charge in [-0.1, -0.05) is 12.1 Å². The minimum Gasteiger partial charge on any atom is -0.493 e. The molecular weight excluding hydrogens is 555 g/mol. The van der Waals surface area contributed by atoms with Crippen molar-refractivity contribution >= 4 is 11.8 Å². The molecule has 1 aromatic heterocycles. The third-order valence-corrected chi connectivity index (χ3v) is 7.45. The number of rotatable bonds is 3. The van der Waals surface area contributed by atoms with Crippen LogP contribution in [-0.2, 0) is 6.42 Å². The summed E-state index contributed by atoms with van der Waals surface area (Å²) in [7, 11) is 3.02. The Kier molecular flexibility index (Phi) is 7.78. The first-order valence-corrected chi connectivity index (χ1v) is 13.8. The lowest BCUT2D eigenvalue weighted by Gasteiger charge is -2.38. The highest BCUT2D eigenvalue weighted by atomic mass is 19.1. The number of nitrogens with one attached hydrogen (secondary N) is 1. The number of fused-ring (bicyclic) bond motifs is 6. The lowest BCUT2D eigenvalue weighted by molar-refractivity contribution is 0.0693. The highest BCUT2D eigenvalue weighted by Crippen LogP contribution is 2.41. The standard InChI is InChI=1S/C32H29FN4O6/c1-40-27-9-4-20-15-28(27)42-13-3-11-34-30(38)25-16-23(6-8-26(25)33)43-22-5-7-24-19(14-22)10-12-37(29(20)24)31(39)21-17-35-32(41-2)36-18-21/h4-9,14-18,29H,3,10-13H2,1-2H3,(H,34,38). The first-order valence-electron chi connectivity index (χ1n) is 13.8. The molecular formula is C32H29FN4O6. The Bertz CT molecular complexity index is 1680. The predicted octanol–water partition coefficient (Wildman–Crippen LogP) is 4.73. The Balaban J connectivity index is 1.44. The molecule has 10 nitrogen and oxygen atoms in total. The molecule has 3 aliphatic rings. The fraction of sp³-hybridized carbons (Fsp3) is 0.250. The molecule has 3 aromatic carbocycles. The van der Waals surface area contributed by atoms with Gasteiger partial charge in [0, 0.05) is 25.5 Å². The van der Waals surface area contributed by atoms with Crippen molar-refractivity contribution in [2.24, 2.45) is 0 Å². The van der Waals surface area contributed by atoms with Crippen molar-refractivity contribution in [3.05, 3.63) is 101 Å². The summed E-state index contributed by atoms with van der Waals surface area (Å²) in [5.74, 6) is 0.480. The van der Waals surface area contributed by atoms with Gasteiger partial charge < -0.3 is 29.2 Å². The van der Waals surface area contributed by atoms with Gasteiger partial charge in [0.05, 0.1) is 38.0 Å². The van der Waals surface area contributed by atoms with E-state index in [0.717, 1.165) is 16.7 Å². The van der Waals surface area contributed by atoms with E-state index in [1.54, 1.807) is 18.1 Å². The summed E-state index contributed by atoms with van der Waals surface area (Å²) in [5.41, 5.74) is 2.95. The summed E-state index contributed by atoms with van der Waals surface area (Å²) >= 11 is 0. The number of methoxy groups -OCH3 is 2. The lowest BCUT2D eigenvalue weighted by Crippen LogP contribution is -2.40. The number of nitrogens with zero attached hydrogens (tertiary/aromatic N) is 3. The third kappa shape index (κ3) is 5.66. The van der Waals surface area contributed by atoms with Gasteiger partial charge in [0.2, 0.25) is 0 Å². The van der Waals surface area contributed by atoms with Crippen molar-refractivity contribution in [2.45, 2.75) is 18.9 Å². The number of hydrogen-bond acceptors (Lipinski definition) is 8. The van der Waals surface area contributed by atoms with Crippen molar-refractivity contribution in [2.75, 3.05) is 33.9 Å². The minimum atomic E-state index is -0.641. The van der Waals surface area contributed by atoms with Crippen LogP contribution < -0.4 is 24.3 Å². The number of aromatic nitrogens is 2. The molecule has 4 aromatic rings. The lowest BCUT2D eigenvalue weighted by atomic mass is 9.87. The second-order valence-corrected chi connectivity index (χ2v) is 10.1. The van der Waals surface area contributed by atoms with Crippen LogP contribution in [0.1, 0.15) is 49.9 Å². The van der Waals surface area contributed by atoms with Gasteiger partial charge in [0.15, 0.2) is 11.5 Å². The fourth-order valence-corrected chi connectivity index (χ4v) is 5.35. The molecule has 1 N–H and O–H groups in total. The Morgan fingerprint density at radius 1 is 1.02 bits per heavy atom. The molecule has 0 aliphatic carbocycles. The van der Waals surface area contributed by atoms with Gasteiger partial charge in [-0.15, -0.1) is 0 Å². The monoisotopic (exact) mass is 584 g/mol. The summed E-state index contributed by atoms with van der Waals surface area (Å²) in [6, 6.07) is 15.0. The van der Waals surface area contributed by atoms with Gasteiger partial charge in [-0.3, -0.25) is 9.59 Å². The van der Waals surface area contributed by atoms with Gasteiger partial charge in [-0.2, -0.15) is 0 Å². The van der Waals surface area contributed by atoms with Crippen LogP contribution in [0.3, 0.4) is 0 Å². The van der Waals surface area contributed by atoms with Crippen molar-refractivity contribution in [1.29, 1.82) is 0 Å². The first-order chi connectivity index (χ1) is 20.9. The van der Waals surface area contributed by atoms with E-state index in [-0.39, 0.29) is 30.6 Å². The van der Waals surface area contributed by atoms with Gasteiger partial charge >= 0.3 is 6.01 Å². The molecule has 7 rings (SSSR count). The molecule has 3 aliphatic heterocycles. The van der Waals surface area contributed by atoms with Crippen molar-refractivity contribution in [3.63, 3.8) is 0 Å². The topological polar surface area (TPSA) is 112 Å². The molecule has 0 fully saturated rings. The number of hydrogen-bond donors (Lipinski definition) is 1. The summed E-state index contributed by atoms with van der Waals surface area (Å²) in [6.07, 6.45) is 3.94. The van der Waals surface area contributed by atoms with Gasteiger partial charge in [-0.25, -0.2) is 14.4 Å². The maximum absolute atomic E-state index is 14.5.